The summed E-state index contributed by atoms with van der Waals surface area (Å²) in [5.74, 6) is -3.04. The molecule has 0 saturated carbocycles. The molecule has 0 bridgehead atoms. The van der Waals surface area contributed by atoms with Crippen molar-refractivity contribution in [3.05, 3.63) is 65.7 Å². The Morgan fingerprint density at radius 2 is 1.69 bits per heavy atom. The van der Waals surface area contributed by atoms with E-state index in [4.69, 9.17) is 33.7 Å². The first-order valence-corrected chi connectivity index (χ1v) is 12.4. The van der Waals surface area contributed by atoms with Crippen molar-refractivity contribution in [3.63, 3.8) is 0 Å². The first-order valence-electron chi connectivity index (χ1n) is 9.80. The van der Waals surface area contributed by atoms with Crippen molar-refractivity contribution < 1.29 is 22.7 Å². The highest BCUT2D eigenvalue weighted by atomic mass is 35.5. The first kappa shape index (κ1) is 26.3. The van der Waals surface area contributed by atoms with E-state index in [-0.39, 0.29) is 23.7 Å². The average molecular weight is 501 g/mol. The fraction of sp³-hybridized carbons (Fsp3) is 0.364. The van der Waals surface area contributed by atoms with Crippen LogP contribution >= 0.6 is 23.2 Å². The molecule has 32 heavy (non-hydrogen) atoms. The van der Waals surface area contributed by atoms with Crippen molar-refractivity contribution in [1.29, 1.82) is 0 Å². The van der Waals surface area contributed by atoms with Crippen molar-refractivity contribution in [2.45, 2.75) is 29.2 Å². The predicted molar refractivity (Wildman–Crippen MR) is 124 cm³/mol. The Bertz CT molecular complexity index is 1030. The molecule has 0 aliphatic rings. The standard InChI is InChI=1S/C22H26Cl2N2O5S/c1-16-8-10-18(11-9-16)32(29,30)22(15-24,26(2)13-12-23)21(28)31-20(27)19(25)14-17-6-4-3-5-7-17/h3-11,19H,12-15,25H2,1-2H3. The second kappa shape index (κ2) is 11.2. The number of carbonyl (C=O) groups excluding carboxylic acids is 2. The van der Waals surface area contributed by atoms with Crippen LogP contribution < -0.4 is 5.73 Å². The number of likely N-dealkylation sites (N-methyl/N-ethyl adjacent to an activating group) is 1. The van der Waals surface area contributed by atoms with Gasteiger partial charge in [0, 0.05) is 12.4 Å². The molecule has 2 N–H and O–H groups in total. The second-order valence-corrected chi connectivity index (χ2v) is 10.1. The van der Waals surface area contributed by atoms with Gasteiger partial charge in [0.25, 0.3) is 0 Å². The molecular formula is C22H26Cl2N2O5S. The number of carbonyl (C=O) groups is 2. The van der Waals surface area contributed by atoms with Gasteiger partial charge < -0.3 is 10.5 Å². The van der Waals surface area contributed by atoms with Gasteiger partial charge in [0.05, 0.1) is 10.8 Å². The van der Waals surface area contributed by atoms with Crippen molar-refractivity contribution >= 4 is 45.0 Å². The first-order chi connectivity index (χ1) is 15.1. The number of nitrogens with two attached hydrogens (primary N) is 1. The zero-order valence-electron chi connectivity index (χ0n) is 17.8. The molecule has 2 unspecified atom stereocenters. The van der Waals surface area contributed by atoms with Gasteiger partial charge in [0.1, 0.15) is 6.04 Å². The van der Waals surface area contributed by atoms with E-state index in [0.717, 1.165) is 11.1 Å². The number of hydrogen-bond donors (Lipinski definition) is 1. The van der Waals surface area contributed by atoms with Gasteiger partial charge in [-0.3, -0.25) is 4.90 Å². The summed E-state index contributed by atoms with van der Waals surface area (Å²) in [6, 6.07) is 13.7. The number of esters is 2. The van der Waals surface area contributed by atoms with Crippen LogP contribution in [-0.2, 0) is 30.6 Å². The summed E-state index contributed by atoms with van der Waals surface area (Å²) in [7, 11) is -3.03. The van der Waals surface area contributed by atoms with Crippen LogP contribution in [0, 0.1) is 6.92 Å². The Balaban J connectivity index is 2.39. The lowest BCUT2D eigenvalue weighted by molar-refractivity contribution is -0.165. The smallest absolute Gasteiger partial charge is 0.351 e. The Labute approximate surface area is 198 Å². The molecular weight excluding hydrogens is 475 g/mol. The zero-order chi connectivity index (χ0) is 23.9. The second-order valence-electron chi connectivity index (χ2n) is 7.35. The van der Waals surface area contributed by atoms with Crippen LogP contribution in [0.4, 0.5) is 0 Å². The Kier molecular flexibility index (Phi) is 9.24. The van der Waals surface area contributed by atoms with Gasteiger partial charge in [0.15, 0.2) is 0 Å². The maximum absolute atomic E-state index is 13.6. The van der Waals surface area contributed by atoms with E-state index >= 15 is 0 Å². The highest BCUT2D eigenvalue weighted by Crippen LogP contribution is 2.32. The number of ether oxygens (including phenoxy) is 1. The predicted octanol–water partition coefficient (Wildman–Crippen LogP) is 2.51. The highest BCUT2D eigenvalue weighted by molar-refractivity contribution is 7.93. The summed E-state index contributed by atoms with van der Waals surface area (Å²) in [5, 5.41) is 0. The topological polar surface area (TPSA) is 107 Å². The number of aryl methyl sites for hydroxylation is 1. The molecule has 174 valence electrons. The summed E-state index contributed by atoms with van der Waals surface area (Å²) in [6.45, 7) is 1.80. The monoisotopic (exact) mass is 500 g/mol. The van der Waals surface area contributed by atoms with Gasteiger partial charge >= 0.3 is 11.9 Å². The third-order valence-electron chi connectivity index (χ3n) is 5.11. The number of sulfone groups is 1. The van der Waals surface area contributed by atoms with E-state index in [1.165, 1.54) is 24.1 Å². The van der Waals surface area contributed by atoms with E-state index < -0.39 is 38.6 Å². The van der Waals surface area contributed by atoms with Crippen LogP contribution in [0.2, 0.25) is 0 Å². The zero-order valence-corrected chi connectivity index (χ0v) is 20.2. The van der Waals surface area contributed by atoms with Gasteiger partial charge in [0.2, 0.25) is 14.7 Å². The molecule has 0 aromatic heterocycles. The maximum Gasteiger partial charge on any atom is 0.351 e. The van der Waals surface area contributed by atoms with Crippen LogP contribution in [0.1, 0.15) is 11.1 Å². The molecule has 2 rings (SSSR count). The highest BCUT2D eigenvalue weighted by Gasteiger charge is 2.56. The number of hydrogen-bond acceptors (Lipinski definition) is 7. The number of benzene rings is 2. The molecule has 2 atom stereocenters. The minimum atomic E-state index is -4.41. The average Bonchev–Trinajstić information content (AvgIpc) is 2.75. The maximum atomic E-state index is 13.6. The number of nitrogens with zero attached hydrogens (tertiary/aromatic N) is 1. The lowest BCUT2D eigenvalue weighted by Crippen LogP contribution is -2.62. The molecule has 0 radical (unpaired) electrons. The Hall–Kier alpha value is -1.97. The molecule has 2 aromatic carbocycles. The van der Waals surface area contributed by atoms with Gasteiger partial charge in [-0.25, -0.2) is 18.0 Å². The molecule has 7 nitrogen and oxygen atoms in total. The lowest BCUT2D eigenvalue weighted by atomic mass is 10.1. The van der Waals surface area contributed by atoms with Gasteiger partial charge in [-0.15, -0.1) is 23.2 Å². The Morgan fingerprint density at radius 3 is 2.22 bits per heavy atom. The molecule has 0 spiro atoms. The molecule has 0 aliphatic carbocycles. The van der Waals surface area contributed by atoms with Crippen molar-refractivity contribution in [2.24, 2.45) is 5.73 Å². The molecule has 0 amide bonds. The van der Waals surface area contributed by atoms with Crippen molar-refractivity contribution in [3.8, 4) is 0 Å². The minimum Gasteiger partial charge on any atom is -0.390 e. The normalized spacial score (nSPS) is 14.6. The molecule has 0 fully saturated rings. The lowest BCUT2D eigenvalue weighted by Gasteiger charge is -2.36. The van der Waals surface area contributed by atoms with Gasteiger partial charge in [-0.2, -0.15) is 0 Å². The van der Waals surface area contributed by atoms with Crippen LogP contribution in [0.5, 0.6) is 0 Å². The van der Waals surface area contributed by atoms with E-state index in [2.05, 4.69) is 0 Å². The van der Waals surface area contributed by atoms with Crippen molar-refractivity contribution in [2.75, 3.05) is 25.4 Å². The van der Waals surface area contributed by atoms with E-state index in [0.29, 0.717) is 0 Å². The SMILES string of the molecule is Cc1ccc(S(=O)(=O)C(CCl)(C(=O)OC(=O)C(N)Cc2ccccc2)N(C)CCCl)cc1. The molecule has 10 heteroatoms. The third kappa shape index (κ3) is 5.50. The van der Waals surface area contributed by atoms with Crippen LogP contribution in [0.3, 0.4) is 0 Å². The number of rotatable bonds is 10. The largest absolute Gasteiger partial charge is 0.390 e. The van der Waals surface area contributed by atoms with E-state index in [1.54, 1.807) is 43.3 Å². The summed E-state index contributed by atoms with van der Waals surface area (Å²) in [4.78, 5) is 24.4. The van der Waals surface area contributed by atoms with Crippen LogP contribution in [0.15, 0.2) is 59.5 Å². The molecule has 0 aliphatic heterocycles. The molecule has 0 saturated heterocycles. The van der Waals surface area contributed by atoms with Crippen LogP contribution in [0.25, 0.3) is 0 Å². The van der Waals surface area contributed by atoms with Crippen LogP contribution in [-0.4, -0.2) is 61.5 Å². The molecule has 0 heterocycles. The summed E-state index contributed by atoms with van der Waals surface area (Å²) in [5.41, 5.74) is 7.51. The fourth-order valence-electron chi connectivity index (χ4n) is 3.12. The quantitative estimate of drug-likeness (QED) is 0.303. The summed E-state index contributed by atoms with van der Waals surface area (Å²) >= 11 is 11.9. The number of halogens is 2. The molecule has 2 aromatic rings. The third-order valence-corrected chi connectivity index (χ3v) is 8.23. The van der Waals surface area contributed by atoms with Crippen molar-refractivity contribution in [1.82, 2.24) is 4.90 Å². The van der Waals surface area contributed by atoms with Gasteiger partial charge in [-0.05, 0) is 38.1 Å². The summed E-state index contributed by atoms with van der Waals surface area (Å²) in [6.07, 6.45) is 0.114. The minimum absolute atomic E-state index is 0.00126. The van der Waals surface area contributed by atoms with E-state index in [9.17, 15) is 18.0 Å². The number of alkyl halides is 2. The van der Waals surface area contributed by atoms with E-state index in [1.807, 2.05) is 6.07 Å². The fourth-order valence-corrected chi connectivity index (χ4v) is 5.91. The summed E-state index contributed by atoms with van der Waals surface area (Å²) < 4.78 is 32.2. The van der Waals surface area contributed by atoms with Gasteiger partial charge in [-0.1, -0.05) is 48.0 Å². The Morgan fingerprint density at radius 1 is 1.09 bits per heavy atom.